The van der Waals surface area contributed by atoms with Gasteiger partial charge in [0, 0.05) is 38.2 Å². The Morgan fingerprint density at radius 1 is 1.16 bits per heavy atom. The van der Waals surface area contributed by atoms with E-state index in [-0.39, 0.29) is 0 Å². The highest BCUT2D eigenvalue weighted by molar-refractivity contribution is 5.54. The molecule has 1 aromatic heterocycles. The van der Waals surface area contributed by atoms with E-state index in [2.05, 4.69) is 59.5 Å². The van der Waals surface area contributed by atoms with E-state index in [0.717, 1.165) is 13.1 Å². The van der Waals surface area contributed by atoms with E-state index in [1.165, 1.54) is 22.4 Å². The van der Waals surface area contributed by atoms with Crippen molar-refractivity contribution in [3.8, 4) is 0 Å². The molecule has 3 heteroatoms. The quantitative estimate of drug-likeness (QED) is 0.890. The standard InChI is InChI=1S/C16H21N3/c1-13-4-5-16(15(10-13)11-17-2)19(3)12-14-6-8-18-9-7-14/h4-10,17H,11-12H2,1-3H3. The molecule has 100 valence electrons. The van der Waals surface area contributed by atoms with Crippen molar-refractivity contribution < 1.29 is 0 Å². The maximum absolute atomic E-state index is 4.06. The van der Waals surface area contributed by atoms with Gasteiger partial charge in [0.15, 0.2) is 0 Å². The first kappa shape index (κ1) is 13.6. The molecular weight excluding hydrogens is 234 g/mol. The number of anilines is 1. The van der Waals surface area contributed by atoms with E-state index < -0.39 is 0 Å². The average Bonchev–Trinajstić information content (AvgIpc) is 2.40. The monoisotopic (exact) mass is 255 g/mol. The van der Waals surface area contributed by atoms with Gasteiger partial charge >= 0.3 is 0 Å². The number of aryl methyl sites for hydroxylation is 1. The first-order chi connectivity index (χ1) is 9.20. The van der Waals surface area contributed by atoms with Crippen LogP contribution in [0.4, 0.5) is 5.69 Å². The normalized spacial score (nSPS) is 10.5. The summed E-state index contributed by atoms with van der Waals surface area (Å²) < 4.78 is 0. The third kappa shape index (κ3) is 3.55. The smallest absolute Gasteiger partial charge is 0.0427 e. The predicted molar refractivity (Wildman–Crippen MR) is 80.3 cm³/mol. The van der Waals surface area contributed by atoms with Crippen LogP contribution in [0.3, 0.4) is 0 Å². The highest BCUT2D eigenvalue weighted by atomic mass is 15.1. The lowest BCUT2D eigenvalue weighted by Gasteiger charge is -2.23. The number of benzene rings is 1. The van der Waals surface area contributed by atoms with Crippen LogP contribution in [0.1, 0.15) is 16.7 Å². The van der Waals surface area contributed by atoms with Crippen molar-refractivity contribution in [1.29, 1.82) is 0 Å². The van der Waals surface area contributed by atoms with Crippen molar-refractivity contribution in [1.82, 2.24) is 10.3 Å². The van der Waals surface area contributed by atoms with Crippen LogP contribution >= 0.6 is 0 Å². The van der Waals surface area contributed by atoms with Crippen LogP contribution in [-0.2, 0) is 13.1 Å². The Balaban J connectivity index is 2.20. The fourth-order valence-electron chi connectivity index (χ4n) is 2.27. The Morgan fingerprint density at radius 3 is 2.58 bits per heavy atom. The second-order valence-corrected chi connectivity index (χ2v) is 4.87. The topological polar surface area (TPSA) is 28.2 Å². The molecule has 0 unspecified atom stereocenters. The van der Waals surface area contributed by atoms with Gasteiger partial charge in [-0.1, -0.05) is 17.7 Å². The van der Waals surface area contributed by atoms with E-state index in [0.29, 0.717) is 0 Å². The van der Waals surface area contributed by atoms with E-state index in [1.807, 2.05) is 19.4 Å². The van der Waals surface area contributed by atoms with Crippen molar-refractivity contribution in [2.24, 2.45) is 0 Å². The molecule has 0 fully saturated rings. The van der Waals surface area contributed by atoms with Crippen LogP contribution in [0.2, 0.25) is 0 Å². The molecule has 3 nitrogen and oxygen atoms in total. The third-order valence-electron chi connectivity index (χ3n) is 3.18. The van der Waals surface area contributed by atoms with Gasteiger partial charge in [-0.3, -0.25) is 4.98 Å². The fourth-order valence-corrected chi connectivity index (χ4v) is 2.27. The summed E-state index contributed by atoms with van der Waals surface area (Å²) in [5.74, 6) is 0. The number of aromatic nitrogens is 1. The van der Waals surface area contributed by atoms with Gasteiger partial charge in [-0.25, -0.2) is 0 Å². The summed E-state index contributed by atoms with van der Waals surface area (Å²) in [5.41, 5.74) is 5.18. The Bertz CT molecular complexity index is 523. The Labute approximate surface area is 115 Å². The van der Waals surface area contributed by atoms with Gasteiger partial charge in [0.25, 0.3) is 0 Å². The number of nitrogens with one attached hydrogen (secondary N) is 1. The second-order valence-electron chi connectivity index (χ2n) is 4.87. The molecule has 1 N–H and O–H groups in total. The maximum Gasteiger partial charge on any atom is 0.0427 e. The number of pyridine rings is 1. The molecule has 2 rings (SSSR count). The van der Waals surface area contributed by atoms with Gasteiger partial charge in [0.05, 0.1) is 0 Å². The number of hydrogen-bond donors (Lipinski definition) is 1. The largest absolute Gasteiger partial charge is 0.370 e. The highest BCUT2D eigenvalue weighted by Crippen LogP contribution is 2.22. The number of hydrogen-bond acceptors (Lipinski definition) is 3. The molecular formula is C16H21N3. The SMILES string of the molecule is CNCc1cc(C)ccc1N(C)Cc1ccncc1. The van der Waals surface area contributed by atoms with Crippen LogP contribution in [-0.4, -0.2) is 19.1 Å². The summed E-state index contributed by atoms with van der Waals surface area (Å²) in [6.45, 7) is 3.91. The molecule has 1 heterocycles. The maximum atomic E-state index is 4.06. The molecule has 2 aromatic rings. The molecule has 0 bridgehead atoms. The zero-order valence-electron chi connectivity index (χ0n) is 11.9. The molecule has 0 aliphatic heterocycles. The van der Waals surface area contributed by atoms with Crippen molar-refractivity contribution in [2.75, 3.05) is 19.0 Å². The summed E-state index contributed by atoms with van der Waals surface area (Å²) >= 11 is 0. The van der Waals surface area contributed by atoms with Crippen LogP contribution in [0.25, 0.3) is 0 Å². The van der Waals surface area contributed by atoms with E-state index in [9.17, 15) is 0 Å². The number of nitrogens with zero attached hydrogens (tertiary/aromatic N) is 2. The zero-order valence-corrected chi connectivity index (χ0v) is 11.9. The van der Waals surface area contributed by atoms with Gasteiger partial charge in [0.1, 0.15) is 0 Å². The third-order valence-corrected chi connectivity index (χ3v) is 3.18. The Morgan fingerprint density at radius 2 is 1.89 bits per heavy atom. The second kappa shape index (κ2) is 6.34. The minimum atomic E-state index is 0.887. The molecule has 0 saturated heterocycles. The first-order valence-corrected chi connectivity index (χ1v) is 6.55. The van der Waals surface area contributed by atoms with Crippen LogP contribution in [0.15, 0.2) is 42.7 Å². The lowest BCUT2D eigenvalue weighted by Crippen LogP contribution is -2.19. The van der Waals surface area contributed by atoms with E-state index in [1.54, 1.807) is 0 Å². The zero-order chi connectivity index (χ0) is 13.7. The molecule has 19 heavy (non-hydrogen) atoms. The summed E-state index contributed by atoms with van der Waals surface area (Å²) in [6, 6.07) is 10.7. The van der Waals surface area contributed by atoms with Crippen LogP contribution < -0.4 is 10.2 Å². The minimum absolute atomic E-state index is 0.887. The van der Waals surface area contributed by atoms with Gasteiger partial charge in [-0.2, -0.15) is 0 Å². The summed E-state index contributed by atoms with van der Waals surface area (Å²) in [5, 5.41) is 3.23. The number of rotatable bonds is 5. The van der Waals surface area contributed by atoms with Gasteiger partial charge in [-0.15, -0.1) is 0 Å². The summed E-state index contributed by atoms with van der Waals surface area (Å²) in [7, 11) is 4.11. The van der Waals surface area contributed by atoms with Crippen LogP contribution in [0, 0.1) is 6.92 Å². The van der Waals surface area contributed by atoms with Crippen molar-refractivity contribution >= 4 is 5.69 Å². The van der Waals surface area contributed by atoms with Crippen LogP contribution in [0.5, 0.6) is 0 Å². The van der Waals surface area contributed by atoms with Gasteiger partial charge in [-0.05, 0) is 43.3 Å². The summed E-state index contributed by atoms with van der Waals surface area (Å²) in [6.07, 6.45) is 3.68. The van der Waals surface area contributed by atoms with E-state index in [4.69, 9.17) is 0 Å². The van der Waals surface area contributed by atoms with Crippen molar-refractivity contribution in [2.45, 2.75) is 20.0 Å². The Hall–Kier alpha value is -1.87. The molecule has 0 spiro atoms. The molecule has 1 aromatic carbocycles. The average molecular weight is 255 g/mol. The molecule has 0 amide bonds. The molecule has 0 aliphatic carbocycles. The lowest BCUT2D eigenvalue weighted by molar-refractivity contribution is 0.804. The summed E-state index contributed by atoms with van der Waals surface area (Å²) in [4.78, 5) is 6.33. The Kier molecular flexibility index (Phi) is 4.53. The molecule has 0 radical (unpaired) electrons. The minimum Gasteiger partial charge on any atom is -0.370 e. The van der Waals surface area contributed by atoms with E-state index >= 15 is 0 Å². The predicted octanol–water partition coefficient (Wildman–Crippen LogP) is 2.75. The highest BCUT2D eigenvalue weighted by Gasteiger charge is 2.07. The van der Waals surface area contributed by atoms with Gasteiger partial charge < -0.3 is 10.2 Å². The molecule has 0 aliphatic rings. The lowest BCUT2D eigenvalue weighted by atomic mass is 10.1. The first-order valence-electron chi connectivity index (χ1n) is 6.55. The van der Waals surface area contributed by atoms with Crippen molar-refractivity contribution in [3.63, 3.8) is 0 Å². The van der Waals surface area contributed by atoms with Crippen molar-refractivity contribution in [3.05, 3.63) is 59.4 Å². The molecule has 0 atom stereocenters. The van der Waals surface area contributed by atoms with Gasteiger partial charge in [0.2, 0.25) is 0 Å². The fraction of sp³-hybridized carbons (Fsp3) is 0.312. The molecule has 0 saturated carbocycles.